The first kappa shape index (κ1) is 13.5. The number of aromatic nitrogens is 2. The van der Waals surface area contributed by atoms with E-state index < -0.39 is 5.82 Å². The summed E-state index contributed by atoms with van der Waals surface area (Å²) in [5.41, 5.74) is 1.36. The summed E-state index contributed by atoms with van der Waals surface area (Å²) in [7, 11) is 0. The molecule has 0 saturated carbocycles. The maximum atomic E-state index is 13.3. The van der Waals surface area contributed by atoms with Crippen LogP contribution in [0.3, 0.4) is 0 Å². The lowest BCUT2D eigenvalue weighted by atomic mass is 10.0. The molecule has 3 aromatic rings. The number of pyridine rings is 1. The molecule has 1 aromatic carbocycles. The van der Waals surface area contributed by atoms with Crippen LogP contribution < -0.4 is 0 Å². The van der Waals surface area contributed by atoms with Crippen LogP contribution in [-0.4, -0.2) is 15.8 Å². The van der Waals surface area contributed by atoms with Gasteiger partial charge in [0.15, 0.2) is 5.78 Å². The highest BCUT2D eigenvalue weighted by Crippen LogP contribution is 2.26. The van der Waals surface area contributed by atoms with E-state index in [1.165, 1.54) is 18.2 Å². The zero-order valence-corrected chi connectivity index (χ0v) is 13.1. The first-order valence-corrected chi connectivity index (χ1v) is 7.27. The van der Waals surface area contributed by atoms with E-state index in [-0.39, 0.29) is 11.3 Å². The Morgan fingerprint density at radius 1 is 1.20 bits per heavy atom. The average molecular weight is 398 g/mol. The van der Waals surface area contributed by atoms with Crippen LogP contribution in [-0.2, 0) is 0 Å². The van der Waals surface area contributed by atoms with Gasteiger partial charge in [0.25, 0.3) is 0 Å². The molecule has 0 amide bonds. The van der Waals surface area contributed by atoms with Gasteiger partial charge in [-0.05, 0) is 40.2 Å². The van der Waals surface area contributed by atoms with E-state index in [2.05, 4.69) is 41.8 Å². The summed E-state index contributed by atoms with van der Waals surface area (Å²) in [4.78, 5) is 19.7. The molecule has 0 atom stereocenters. The topological polar surface area (TPSA) is 45.8 Å². The third-order valence-corrected chi connectivity index (χ3v) is 4.04. The number of ketones is 1. The second-order valence-electron chi connectivity index (χ2n) is 4.21. The van der Waals surface area contributed by atoms with Crippen LogP contribution >= 0.6 is 31.9 Å². The third-order valence-electron chi connectivity index (χ3n) is 2.92. The first-order valence-electron chi connectivity index (χ1n) is 5.68. The molecule has 2 aromatic heterocycles. The van der Waals surface area contributed by atoms with E-state index in [0.29, 0.717) is 21.1 Å². The third kappa shape index (κ3) is 2.29. The normalized spacial score (nSPS) is 10.9. The number of carbonyl (C=O) groups is 1. The number of nitrogens with one attached hydrogen (secondary N) is 1. The summed E-state index contributed by atoms with van der Waals surface area (Å²) in [6, 6.07) is 5.84. The van der Waals surface area contributed by atoms with Crippen molar-refractivity contribution in [2.75, 3.05) is 0 Å². The molecule has 20 heavy (non-hydrogen) atoms. The van der Waals surface area contributed by atoms with Crippen LogP contribution in [0.4, 0.5) is 4.39 Å². The number of nitrogens with zero attached hydrogens (tertiary/aromatic N) is 1. The molecule has 0 aliphatic carbocycles. The molecular formula is C14H7Br2FN2O. The van der Waals surface area contributed by atoms with Gasteiger partial charge < -0.3 is 4.98 Å². The highest BCUT2D eigenvalue weighted by Gasteiger charge is 2.18. The second-order valence-corrected chi connectivity index (χ2v) is 5.98. The predicted octanol–water partition coefficient (Wildman–Crippen LogP) is 4.46. The van der Waals surface area contributed by atoms with E-state index in [0.717, 1.165) is 4.47 Å². The zero-order chi connectivity index (χ0) is 14.3. The molecule has 2 heterocycles. The summed E-state index contributed by atoms with van der Waals surface area (Å²) in [6.07, 6.45) is 3.23. The Kier molecular flexibility index (Phi) is 3.43. The van der Waals surface area contributed by atoms with Gasteiger partial charge in [0, 0.05) is 37.9 Å². The van der Waals surface area contributed by atoms with Crippen molar-refractivity contribution in [1.82, 2.24) is 9.97 Å². The molecule has 0 spiro atoms. The lowest BCUT2D eigenvalue weighted by molar-refractivity contribution is 0.103. The molecule has 0 radical (unpaired) electrons. The fourth-order valence-corrected chi connectivity index (χ4v) is 2.74. The van der Waals surface area contributed by atoms with Crippen LogP contribution in [0.1, 0.15) is 15.9 Å². The minimum absolute atomic E-state index is 0.262. The number of H-pyrrole nitrogens is 1. The number of benzene rings is 1. The summed E-state index contributed by atoms with van der Waals surface area (Å²) >= 11 is 6.60. The van der Waals surface area contributed by atoms with Gasteiger partial charge >= 0.3 is 0 Å². The molecule has 0 aliphatic heterocycles. The Bertz CT molecular complexity index is 829. The van der Waals surface area contributed by atoms with Crippen molar-refractivity contribution in [1.29, 1.82) is 0 Å². The van der Waals surface area contributed by atoms with Gasteiger partial charge in [-0.3, -0.25) is 4.79 Å². The monoisotopic (exact) mass is 396 g/mol. The van der Waals surface area contributed by atoms with Crippen LogP contribution in [0, 0.1) is 5.82 Å². The van der Waals surface area contributed by atoms with E-state index >= 15 is 0 Å². The first-order chi connectivity index (χ1) is 9.56. The van der Waals surface area contributed by atoms with Gasteiger partial charge in [-0.25, -0.2) is 9.37 Å². The van der Waals surface area contributed by atoms with Crippen LogP contribution in [0.25, 0.3) is 11.0 Å². The number of halogens is 3. The van der Waals surface area contributed by atoms with Crippen molar-refractivity contribution in [3.8, 4) is 0 Å². The van der Waals surface area contributed by atoms with Gasteiger partial charge in [0.1, 0.15) is 11.5 Å². The van der Waals surface area contributed by atoms with Crippen LogP contribution in [0.2, 0.25) is 0 Å². The number of hydrogen-bond acceptors (Lipinski definition) is 2. The summed E-state index contributed by atoms with van der Waals surface area (Å²) in [5.74, 6) is -0.710. The SMILES string of the molecule is O=C(c1cc(F)ccc1Br)c1c[nH]c2ncc(Br)cc12. The fourth-order valence-electron chi connectivity index (χ4n) is 1.98. The van der Waals surface area contributed by atoms with Gasteiger partial charge in [-0.15, -0.1) is 0 Å². The maximum absolute atomic E-state index is 13.3. The van der Waals surface area contributed by atoms with Crippen LogP contribution in [0.15, 0.2) is 45.6 Å². The number of fused-ring (bicyclic) bond motifs is 1. The molecule has 1 N–H and O–H groups in total. The average Bonchev–Trinajstić information content (AvgIpc) is 2.83. The molecule has 0 aliphatic rings. The molecule has 3 nitrogen and oxygen atoms in total. The van der Waals surface area contributed by atoms with Crippen molar-refractivity contribution in [3.05, 3.63) is 62.5 Å². The summed E-state index contributed by atoms with van der Waals surface area (Å²) in [6.45, 7) is 0. The van der Waals surface area contributed by atoms with Crippen molar-refractivity contribution in [2.24, 2.45) is 0 Å². The van der Waals surface area contributed by atoms with Gasteiger partial charge in [-0.1, -0.05) is 15.9 Å². The Morgan fingerprint density at radius 2 is 2.00 bits per heavy atom. The molecule has 100 valence electrons. The Morgan fingerprint density at radius 3 is 2.80 bits per heavy atom. The van der Waals surface area contributed by atoms with Gasteiger partial charge in [0.2, 0.25) is 0 Å². The van der Waals surface area contributed by atoms with E-state index in [4.69, 9.17) is 0 Å². The second kappa shape index (κ2) is 5.10. The zero-order valence-electron chi connectivity index (χ0n) is 9.95. The molecule has 6 heteroatoms. The molecule has 0 bridgehead atoms. The minimum atomic E-state index is -0.448. The van der Waals surface area contributed by atoms with E-state index in [9.17, 15) is 9.18 Å². The lowest BCUT2D eigenvalue weighted by Gasteiger charge is -2.03. The Labute approximate surface area is 130 Å². The Hall–Kier alpha value is -1.53. The fraction of sp³-hybridized carbons (Fsp3) is 0. The molecule has 0 saturated heterocycles. The standard InChI is InChI=1S/C14H7Br2FN2O/c15-7-3-9-11(6-19-14(9)18-5-7)13(20)10-4-8(17)1-2-12(10)16/h1-6H,(H,18,19). The van der Waals surface area contributed by atoms with E-state index in [1.807, 2.05) is 0 Å². The number of hydrogen-bond donors (Lipinski definition) is 1. The smallest absolute Gasteiger partial charge is 0.196 e. The number of rotatable bonds is 2. The molecule has 0 fully saturated rings. The summed E-state index contributed by atoms with van der Waals surface area (Å²) < 4.78 is 14.7. The number of carbonyl (C=O) groups excluding carboxylic acids is 1. The highest BCUT2D eigenvalue weighted by atomic mass is 79.9. The van der Waals surface area contributed by atoms with Crippen molar-refractivity contribution < 1.29 is 9.18 Å². The molecule has 0 unspecified atom stereocenters. The molecule has 3 rings (SSSR count). The van der Waals surface area contributed by atoms with Crippen molar-refractivity contribution >= 4 is 48.7 Å². The lowest BCUT2D eigenvalue weighted by Crippen LogP contribution is -2.02. The summed E-state index contributed by atoms with van der Waals surface area (Å²) in [5, 5.41) is 0.695. The van der Waals surface area contributed by atoms with Crippen LogP contribution in [0.5, 0.6) is 0 Å². The Balaban J connectivity index is 2.17. The van der Waals surface area contributed by atoms with E-state index in [1.54, 1.807) is 18.5 Å². The predicted molar refractivity (Wildman–Crippen MR) is 81.3 cm³/mol. The van der Waals surface area contributed by atoms with Crippen molar-refractivity contribution in [3.63, 3.8) is 0 Å². The quantitative estimate of drug-likeness (QED) is 0.649. The van der Waals surface area contributed by atoms with Gasteiger partial charge in [-0.2, -0.15) is 0 Å². The highest BCUT2D eigenvalue weighted by molar-refractivity contribution is 9.10. The minimum Gasteiger partial charge on any atom is -0.345 e. The maximum Gasteiger partial charge on any atom is 0.196 e. The largest absolute Gasteiger partial charge is 0.345 e. The number of aromatic amines is 1. The van der Waals surface area contributed by atoms with Crippen molar-refractivity contribution in [2.45, 2.75) is 0 Å². The van der Waals surface area contributed by atoms with Gasteiger partial charge in [0.05, 0.1) is 0 Å². The molecular weight excluding hydrogens is 391 g/mol.